The van der Waals surface area contributed by atoms with E-state index in [4.69, 9.17) is 14.2 Å². The van der Waals surface area contributed by atoms with E-state index in [1.54, 1.807) is 30.0 Å². The standard InChI is InChI=1S/C28H30N2O5/c1-20-10-13-24(14-11-20)34-18-16-30-25-15-12-22(19-26(25)35-21(2)28(30)32)29-27(31)9-6-17-33-23-7-4-3-5-8-23/h3-5,7-8,10-15,19,21H,6,9,16-18H2,1-2H3,(H,29,31). The number of fused-ring (bicyclic) bond motifs is 1. The summed E-state index contributed by atoms with van der Waals surface area (Å²) in [5.74, 6) is 1.87. The number of benzene rings is 3. The van der Waals surface area contributed by atoms with Gasteiger partial charge in [0, 0.05) is 18.2 Å². The minimum atomic E-state index is -0.622. The van der Waals surface area contributed by atoms with Crippen LogP contribution >= 0.6 is 0 Å². The molecule has 0 aliphatic carbocycles. The highest BCUT2D eigenvalue weighted by molar-refractivity contribution is 6.00. The molecular formula is C28H30N2O5. The number of ether oxygens (including phenoxy) is 3. The number of para-hydroxylation sites is 1. The van der Waals surface area contributed by atoms with Crippen molar-refractivity contribution in [3.05, 3.63) is 78.4 Å². The van der Waals surface area contributed by atoms with Gasteiger partial charge in [-0.1, -0.05) is 35.9 Å². The molecule has 1 aliphatic heterocycles. The number of carbonyl (C=O) groups is 2. The van der Waals surface area contributed by atoms with E-state index in [1.165, 1.54) is 0 Å². The lowest BCUT2D eigenvalue weighted by Gasteiger charge is -2.33. The van der Waals surface area contributed by atoms with Gasteiger partial charge in [-0.15, -0.1) is 0 Å². The summed E-state index contributed by atoms with van der Waals surface area (Å²) in [6.07, 6.45) is 0.313. The van der Waals surface area contributed by atoms with Crippen molar-refractivity contribution in [2.45, 2.75) is 32.8 Å². The smallest absolute Gasteiger partial charge is 0.267 e. The Bertz CT molecular complexity index is 1150. The fraction of sp³-hybridized carbons (Fsp3) is 0.286. The topological polar surface area (TPSA) is 77.1 Å². The normalized spacial score (nSPS) is 14.6. The molecule has 1 N–H and O–H groups in total. The third-order valence-corrected chi connectivity index (χ3v) is 5.62. The van der Waals surface area contributed by atoms with Crippen LogP contribution in [0.25, 0.3) is 0 Å². The third kappa shape index (κ3) is 6.53. The van der Waals surface area contributed by atoms with Gasteiger partial charge in [0.05, 0.1) is 18.8 Å². The molecule has 7 nitrogen and oxygen atoms in total. The Kier molecular flexibility index (Phi) is 7.88. The van der Waals surface area contributed by atoms with E-state index in [0.717, 1.165) is 17.1 Å². The van der Waals surface area contributed by atoms with Crippen molar-refractivity contribution in [3.8, 4) is 17.2 Å². The molecule has 0 fully saturated rings. The van der Waals surface area contributed by atoms with Crippen molar-refractivity contribution in [3.63, 3.8) is 0 Å². The van der Waals surface area contributed by atoms with Crippen LogP contribution in [0.1, 0.15) is 25.3 Å². The fourth-order valence-corrected chi connectivity index (χ4v) is 3.77. The van der Waals surface area contributed by atoms with Crippen LogP contribution in [0.5, 0.6) is 17.2 Å². The van der Waals surface area contributed by atoms with E-state index in [9.17, 15) is 9.59 Å². The van der Waals surface area contributed by atoms with Crippen molar-refractivity contribution < 1.29 is 23.8 Å². The van der Waals surface area contributed by atoms with E-state index >= 15 is 0 Å². The highest BCUT2D eigenvalue weighted by atomic mass is 16.5. The maximum atomic E-state index is 12.8. The molecule has 1 unspecified atom stereocenters. The maximum Gasteiger partial charge on any atom is 0.267 e. The molecule has 0 saturated carbocycles. The summed E-state index contributed by atoms with van der Waals surface area (Å²) in [7, 11) is 0. The van der Waals surface area contributed by atoms with Gasteiger partial charge in [-0.3, -0.25) is 9.59 Å². The number of anilines is 2. The van der Waals surface area contributed by atoms with Gasteiger partial charge in [0.1, 0.15) is 23.9 Å². The van der Waals surface area contributed by atoms with E-state index in [2.05, 4.69) is 5.32 Å². The number of aryl methyl sites for hydroxylation is 1. The van der Waals surface area contributed by atoms with Crippen LogP contribution in [0, 0.1) is 6.92 Å². The number of hydrogen-bond donors (Lipinski definition) is 1. The molecule has 3 aromatic carbocycles. The number of nitrogens with one attached hydrogen (secondary N) is 1. The summed E-state index contributed by atoms with van der Waals surface area (Å²) < 4.78 is 17.3. The molecule has 35 heavy (non-hydrogen) atoms. The predicted octanol–water partition coefficient (Wildman–Crippen LogP) is 4.99. The van der Waals surface area contributed by atoms with Crippen molar-refractivity contribution >= 4 is 23.2 Å². The first-order valence-corrected chi connectivity index (χ1v) is 11.8. The van der Waals surface area contributed by atoms with E-state index < -0.39 is 6.10 Å². The zero-order valence-corrected chi connectivity index (χ0v) is 20.0. The molecular weight excluding hydrogens is 444 g/mol. The SMILES string of the molecule is Cc1ccc(OCCN2C(=O)C(C)Oc3cc(NC(=O)CCCOc4ccccc4)ccc32)cc1. The lowest BCUT2D eigenvalue weighted by Crippen LogP contribution is -2.46. The average molecular weight is 475 g/mol. The number of hydrogen-bond acceptors (Lipinski definition) is 5. The molecule has 0 radical (unpaired) electrons. The van der Waals surface area contributed by atoms with Crippen molar-refractivity contribution in [1.29, 1.82) is 0 Å². The van der Waals surface area contributed by atoms with Gasteiger partial charge in [0.25, 0.3) is 5.91 Å². The Morgan fingerprint density at radius 3 is 2.46 bits per heavy atom. The zero-order valence-electron chi connectivity index (χ0n) is 20.0. The molecule has 182 valence electrons. The summed E-state index contributed by atoms with van der Waals surface area (Å²) >= 11 is 0. The average Bonchev–Trinajstić information content (AvgIpc) is 2.86. The van der Waals surface area contributed by atoms with Crippen molar-refractivity contribution in [2.75, 3.05) is 30.0 Å². The second kappa shape index (κ2) is 11.4. The third-order valence-electron chi connectivity index (χ3n) is 5.62. The van der Waals surface area contributed by atoms with Gasteiger partial charge in [-0.25, -0.2) is 0 Å². The molecule has 0 aromatic heterocycles. The predicted molar refractivity (Wildman–Crippen MR) is 135 cm³/mol. The lowest BCUT2D eigenvalue weighted by atomic mass is 10.1. The first kappa shape index (κ1) is 24.1. The Labute approximate surface area is 205 Å². The van der Waals surface area contributed by atoms with Crippen LogP contribution in [0.15, 0.2) is 72.8 Å². The van der Waals surface area contributed by atoms with Crippen molar-refractivity contribution in [1.82, 2.24) is 0 Å². The highest BCUT2D eigenvalue weighted by Crippen LogP contribution is 2.36. The lowest BCUT2D eigenvalue weighted by molar-refractivity contribution is -0.125. The molecule has 1 heterocycles. The first-order chi connectivity index (χ1) is 17.0. The van der Waals surface area contributed by atoms with Crippen LogP contribution in [0.4, 0.5) is 11.4 Å². The highest BCUT2D eigenvalue weighted by Gasteiger charge is 2.31. The molecule has 2 amide bonds. The molecule has 1 aliphatic rings. The molecule has 3 aromatic rings. The summed E-state index contributed by atoms with van der Waals surface area (Å²) in [5.41, 5.74) is 2.44. The van der Waals surface area contributed by atoms with Crippen LogP contribution in [-0.4, -0.2) is 37.7 Å². The van der Waals surface area contributed by atoms with Crippen LogP contribution in [0.2, 0.25) is 0 Å². The first-order valence-electron chi connectivity index (χ1n) is 11.8. The summed E-state index contributed by atoms with van der Waals surface area (Å²) in [4.78, 5) is 26.8. The number of nitrogens with zero attached hydrogens (tertiary/aromatic N) is 1. The quantitative estimate of drug-likeness (QED) is 0.419. The molecule has 0 bridgehead atoms. The molecule has 0 saturated heterocycles. The van der Waals surface area contributed by atoms with Crippen LogP contribution in [-0.2, 0) is 9.59 Å². The second-order valence-electron chi connectivity index (χ2n) is 8.41. The van der Waals surface area contributed by atoms with Gasteiger partial charge in [-0.2, -0.15) is 0 Å². The van der Waals surface area contributed by atoms with Gasteiger partial charge < -0.3 is 24.4 Å². The number of amides is 2. The van der Waals surface area contributed by atoms with Crippen molar-refractivity contribution in [2.24, 2.45) is 0 Å². The van der Waals surface area contributed by atoms with Crippen LogP contribution in [0.3, 0.4) is 0 Å². The second-order valence-corrected chi connectivity index (χ2v) is 8.41. The summed E-state index contributed by atoms with van der Waals surface area (Å²) in [5, 5.41) is 2.90. The van der Waals surface area contributed by atoms with Gasteiger partial charge in [0.2, 0.25) is 5.91 Å². The monoisotopic (exact) mass is 474 g/mol. The number of carbonyl (C=O) groups excluding carboxylic acids is 2. The molecule has 0 spiro atoms. The Hall–Kier alpha value is -4.00. The minimum Gasteiger partial charge on any atom is -0.494 e. The van der Waals surface area contributed by atoms with Crippen LogP contribution < -0.4 is 24.4 Å². The minimum absolute atomic E-state index is 0.107. The molecule has 4 rings (SSSR count). The molecule has 7 heteroatoms. The zero-order chi connectivity index (χ0) is 24.6. The fourth-order valence-electron chi connectivity index (χ4n) is 3.77. The van der Waals surface area contributed by atoms with Gasteiger partial charge >= 0.3 is 0 Å². The van der Waals surface area contributed by atoms with E-state index in [1.807, 2.05) is 61.5 Å². The Morgan fingerprint density at radius 1 is 0.971 bits per heavy atom. The Morgan fingerprint density at radius 2 is 1.69 bits per heavy atom. The maximum absolute atomic E-state index is 12.8. The number of rotatable bonds is 10. The Balaban J connectivity index is 1.31. The van der Waals surface area contributed by atoms with E-state index in [-0.39, 0.29) is 11.8 Å². The van der Waals surface area contributed by atoms with Gasteiger partial charge in [0.15, 0.2) is 6.10 Å². The molecule has 1 atom stereocenters. The van der Waals surface area contributed by atoms with E-state index in [0.29, 0.717) is 49.7 Å². The summed E-state index contributed by atoms with van der Waals surface area (Å²) in [6.45, 7) is 4.94. The van der Waals surface area contributed by atoms with Gasteiger partial charge in [-0.05, 0) is 56.7 Å². The summed E-state index contributed by atoms with van der Waals surface area (Å²) in [6, 6.07) is 22.6. The largest absolute Gasteiger partial charge is 0.494 e.